The third kappa shape index (κ3) is 4.32. The molecule has 4 rings (SSSR count). The second kappa shape index (κ2) is 8.49. The highest BCUT2D eigenvalue weighted by atomic mass is 32.1. The van der Waals surface area contributed by atoms with Crippen molar-refractivity contribution < 1.29 is 14.3 Å². The molecular weight excluding hydrogens is 384 g/mol. The van der Waals surface area contributed by atoms with E-state index in [-0.39, 0.29) is 11.8 Å². The Morgan fingerprint density at radius 3 is 2.69 bits per heavy atom. The second-order valence-electron chi connectivity index (χ2n) is 6.92. The van der Waals surface area contributed by atoms with Gasteiger partial charge in [-0.1, -0.05) is 18.2 Å². The molecule has 0 saturated heterocycles. The van der Waals surface area contributed by atoms with Crippen molar-refractivity contribution in [1.29, 1.82) is 0 Å². The van der Waals surface area contributed by atoms with Crippen molar-refractivity contribution in [3.8, 4) is 5.75 Å². The molecule has 1 N–H and O–H groups in total. The van der Waals surface area contributed by atoms with Gasteiger partial charge in [-0.2, -0.15) is 0 Å². The van der Waals surface area contributed by atoms with Crippen molar-refractivity contribution in [3.05, 3.63) is 76.0 Å². The number of hydrogen-bond acceptors (Lipinski definition) is 4. The number of carbonyl (C=O) groups is 2. The maximum Gasteiger partial charge on any atom is 0.268 e. The largest absolute Gasteiger partial charge is 0.497 e. The SMILES string of the molecule is COc1ccc(CCC(=O)Nc2ccc3c(c2)CCN3C(=O)c2cccs2)cc1. The molecule has 6 heteroatoms. The molecule has 148 valence electrons. The molecule has 0 fully saturated rings. The van der Waals surface area contributed by atoms with Gasteiger partial charge < -0.3 is 15.0 Å². The number of methoxy groups -OCH3 is 1. The topological polar surface area (TPSA) is 58.6 Å². The van der Waals surface area contributed by atoms with Gasteiger partial charge in [0.2, 0.25) is 5.91 Å². The van der Waals surface area contributed by atoms with Gasteiger partial charge in [0.05, 0.1) is 12.0 Å². The smallest absolute Gasteiger partial charge is 0.268 e. The summed E-state index contributed by atoms with van der Waals surface area (Å²) in [5.74, 6) is 0.822. The molecule has 5 nitrogen and oxygen atoms in total. The number of hydrogen-bond donors (Lipinski definition) is 1. The van der Waals surface area contributed by atoms with Crippen LogP contribution in [0, 0.1) is 0 Å². The lowest BCUT2D eigenvalue weighted by atomic mass is 10.1. The van der Waals surface area contributed by atoms with E-state index in [0.29, 0.717) is 19.4 Å². The van der Waals surface area contributed by atoms with Crippen LogP contribution in [0.5, 0.6) is 5.75 Å². The average molecular weight is 407 g/mol. The summed E-state index contributed by atoms with van der Waals surface area (Å²) in [6.45, 7) is 0.668. The number of carbonyl (C=O) groups excluding carboxylic acids is 2. The Hall–Kier alpha value is -3.12. The Morgan fingerprint density at radius 1 is 1.14 bits per heavy atom. The van der Waals surface area contributed by atoms with Crippen LogP contribution in [-0.2, 0) is 17.6 Å². The minimum atomic E-state index is -0.0229. The van der Waals surface area contributed by atoms with Crippen molar-refractivity contribution in [3.63, 3.8) is 0 Å². The number of aryl methyl sites for hydroxylation is 1. The first kappa shape index (κ1) is 19.2. The molecule has 0 unspecified atom stereocenters. The maximum atomic E-state index is 12.7. The number of thiophene rings is 1. The number of nitrogens with zero attached hydrogens (tertiary/aromatic N) is 1. The van der Waals surface area contributed by atoms with E-state index in [9.17, 15) is 9.59 Å². The van der Waals surface area contributed by atoms with Crippen LogP contribution in [0.25, 0.3) is 0 Å². The van der Waals surface area contributed by atoms with E-state index < -0.39 is 0 Å². The zero-order valence-corrected chi connectivity index (χ0v) is 17.0. The fourth-order valence-corrected chi connectivity index (χ4v) is 4.17. The predicted octanol–water partition coefficient (Wildman–Crippen LogP) is 4.53. The highest BCUT2D eigenvalue weighted by molar-refractivity contribution is 7.12. The standard InChI is InChI=1S/C23H22N2O3S/c1-28-19-8-4-16(5-9-19)6-11-22(26)24-18-7-10-20-17(15-18)12-13-25(20)23(27)21-3-2-14-29-21/h2-5,7-10,14-15H,6,11-13H2,1H3,(H,24,26). The summed E-state index contributed by atoms with van der Waals surface area (Å²) in [7, 11) is 1.64. The molecule has 1 aliphatic rings. The van der Waals surface area contributed by atoms with Gasteiger partial charge in [-0.15, -0.1) is 11.3 Å². The summed E-state index contributed by atoms with van der Waals surface area (Å²) < 4.78 is 5.15. The first-order chi connectivity index (χ1) is 14.1. The van der Waals surface area contributed by atoms with Crippen LogP contribution in [0.3, 0.4) is 0 Å². The molecule has 1 aliphatic heterocycles. The van der Waals surface area contributed by atoms with E-state index in [2.05, 4.69) is 5.32 Å². The average Bonchev–Trinajstić information content (AvgIpc) is 3.42. The Morgan fingerprint density at radius 2 is 1.97 bits per heavy atom. The zero-order chi connectivity index (χ0) is 20.2. The summed E-state index contributed by atoms with van der Waals surface area (Å²) in [5, 5.41) is 4.88. The minimum absolute atomic E-state index is 0.0229. The van der Waals surface area contributed by atoms with Crippen LogP contribution < -0.4 is 15.0 Å². The first-order valence-electron chi connectivity index (χ1n) is 9.55. The minimum Gasteiger partial charge on any atom is -0.497 e. The van der Waals surface area contributed by atoms with Gasteiger partial charge in [-0.3, -0.25) is 9.59 Å². The summed E-state index contributed by atoms with van der Waals surface area (Å²) in [5.41, 5.74) is 3.88. The van der Waals surface area contributed by atoms with Gasteiger partial charge in [0.15, 0.2) is 0 Å². The quantitative estimate of drug-likeness (QED) is 0.654. The normalized spacial score (nSPS) is 12.5. The number of fused-ring (bicyclic) bond motifs is 1. The van der Waals surface area contributed by atoms with E-state index in [1.54, 1.807) is 7.11 Å². The van der Waals surface area contributed by atoms with Crippen molar-refractivity contribution in [2.45, 2.75) is 19.3 Å². The Bertz CT molecular complexity index is 1010. The van der Waals surface area contributed by atoms with E-state index >= 15 is 0 Å². The lowest BCUT2D eigenvalue weighted by Crippen LogP contribution is -2.28. The number of ether oxygens (including phenoxy) is 1. The van der Waals surface area contributed by atoms with Crippen LogP contribution in [-0.4, -0.2) is 25.5 Å². The second-order valence-corrected chi connectivity index (χ2v) is 7.87. The van der Waals surface area contributed by atoms with Crippen LogP contribution in [0.1, 0.15) is 27.2 Å². The van der Waals surface area contributed by atoms with Gasteiger partial charge in [0.25, 0.3) is 5.91 Å². The van der Waals surface area contributed by atoms with E-state index in [4.69, 9.17) is 4.74 Å². The monoisotopic (exact) mass is 406 g/mol. The fraction of sp³-hybridized carbons (Fsp3) is 0.217. The van der Waals surface area contributed by atoms with E-state index in [1.807, 2.05) is 64.9 Å². The molecule has 0 aliphatic carbocycles. The molecule has 0 radical (unpaired) electrons. The summed E-state index contributed by atoms with van der Waals surface area (Å²) >= 11 is 1.45. The fourth-order valence-electron chi connectivity index (χ4n) is 3.50. The first-order valence-corrected chi connectivity index (χ1v) is 10.4. The number of rotatable bonds is 6. The van der Waals surface area contributed by atoms with Gasteiger partial charge in [-0.25, -0.2) is 0 Å². The molecular formula is C23H22N2O3S. The van der Waals surface area contributed by atoms with Crippen LogP contribution in [0.2, 0.25) is 0 Å². The molecule has 2 amide bonds. The molecule has 2 aromatic carbocycles. The summed E-state index contributed by atoms with van der Waals surface area (Å²) in [6.07, 6.45) is 1.87. The lowest BCUT2D eigenvalue weighted by Gasteiger charge is -2.16. The molecule has 0 atom stereocenters. The molecule has 2 heterocycles. The molecule has 0 saturated carbocycles. The van der Waals surface area contributed by atoms with Gasteiger partial charge in [-0.05, 0) is 65.7 Å². The number of nitrogens with one attached hydrogen (secondary N) is 1. The Balaban J connectivity index is 1.36. The molecule has 0 spiro atoms. The van der Waals surface area contributed by atoms with Crippen molar-refractivity contribution in [2.24, 2.45) is 0 Å². The molecule has 0 bridgehead atoms. The third-order valence-corrected chi connectivity index (χ3v) is 5.89. The van der Waals surface area contributed by atoms with Crippen molar-refractivity contribution >= 4 is 34.5 Å². The lowest BCUT2D eigenvalue weighted by molar-refractivity contribution is -0.116. The highest BCUT2D eigenvalue weighted by Crippen LogP contribution is 2.32. The van der Waals surface area contributed by atoms with Crippen LogP contribution in [0.4, 0.5) is 11.4 Å². The Labute approximate surface area is 173 Å². The predicted molar refractivity (Wildman–Crippen MR) is 116 cm³/mol. The number of amides is 2. The summed E-state index contributed by atoms with van der Waals surface area (Å²) in [6, 6.07) is 17.2. The Kier molecular flexibility index (Phi) is 5.62. The number of anilines is 2. The van der Waals surface area contributed by atoms with Crippen LogP contribution >= 0.6 is 11.3 Å². The van der Waals surface area contributed by atoms with Crippen LogP contribution in [0.15, 0.2) is 60.0 Å². The summed E-state index contributed by atoms with van der Waals surface area (Å²) in [4.78, 5) is 27.6. The van der Waals surface area contributed by atoms with Crippen molar-refractivity contribution in [2.75, 3.05) is 23.9 Å². The molecule has 3 aromatic rings. The molecule has 29 heavy (non-hydrogen) atoms. The van der Waals surface area contributed by atoms with Crippen molar-refractivity contribution in [1.82, 2.24) is 0 Å². The zero-order valence-electron chi connectivity index (χ0n) is 16.2. The maximum absolute atomic E-state index is 12.7. The van der Waals surface area contributed by atoms with E-state index in [1.165, 1.54) is 11.3 Å². The van der Waals surface area contributed by atoms with Gasteiger partial charge in [0, 0.05) is 24.3 Å². The van der Waals surface area contributed by atoms with Gasteiger partial charge in [0.1, 0.15) is 5.75 Å². The third-order valence-electron chi connectivity index (χ3n) is 5.04. The highest BCUT2D eigenvalue weighted by Gasteiger charge is 2.26. The van der Waals surface area contributed by atoms with E-state index in [0.717, 1.165) is 39.5 Å². The number of benzene rings is 2. The molecule has 1 aromatic heterocycles. The van der Waals surface area contributed by atoms with Gasteiger partial charge >= 0.3 is 0 Å².